The highest BCUT2D eigenvalue weighted by Crippen LogP contribution is 2.42. The van der Waals surface area contributed by atoms with Crippen molar-refractivity contribution in [1.29, 1.82) is 0 Å². The fraction of sp³-hybridized carbons (Fsp3) is 0. The van der Waals surface area contributed by atoms with Gasteiger partial charge in [-0.2, -0.15) is 0 Å². The van der Waals surface area contributed by atoms with E-state index in [9.17, 15) is 9.59 Å². The Balaban J connectivity index is 0.000000126. The van der Waals surface area contributed by atoms with E-state index < -0.39 is 0 Å². The van der Waals surface area contributed by atoms with Gasteiger partial charge >= 0.3 is 0 Å². The molecule has 12 rings (SSSR count). The van der Waals surface area contributed by atoms with Gasteiger partial charge in [0.2, 0.25) is 0 Å². The minimum atomic E-state index is 0.676. The quantitative estimate of drug-likeness (QED) is 0.121. The Kier molecular flexibility index (Phi) is 14.6. The third kappa shape index (κ3) is 10.5. The van der Waals surface area contributed by atoms with Gasteiger partial charge in [-0.25, -0.2) is 0 Å². The van der Waals surface area contributed by atoms with E-state index in [-0.39, 0.29) is 0 Å². The van der Waals surface area contributed by atoms with Crippen LogP contribution in [-0.2, 0) is 0 Å². The molecule has 73 heavy (non-hydrogen) atoms. The van der Waals surface area contributed by atoms with Crippen molar-refractivity contribution in [3.8, 4) is 0 Å². The molecule has 0 saturated heterocycles. The van der Waals surface area contributed by atoms with Gasteiger partial charge in [-0.15, -0.1) is 0 Å². The van der Waals surface area contributed by atoms with Gasteiger partial charge in [0.05, 0.1) is 17.1 Å². The topological polar surface area (TPSA) is 43.9 Å². The van der Waals surface area contributed by atoms with Crippen LogP contribution in [0.2, 0.25) is 0 Å². The summed E-state index contributed by atoms with van der Waals surface area (Å²) in [6.07, 6.45) is 1.79. The maximum absolute atomic E-state index is 11.4. The number of nitrogens with zero attached hydrogens (tertiary/aromatic N) is 3. The summed E-state index contributed by atoms with van der Waals surface area (Å²) in [7, 11) is 0. The van der Waals surface area contributed by atoms with Crippen molar-refractivity contribution in [3.63, 3.8) is 0 Å². The summed E-state index contributed by atoms with van der Waals surface area (Å²) >= 11 is 0. The Morgan fingerprint density at radius 3 is 0.890 bits per heavy atom. The van der Waals surface area contributed by atoms with Crippen LogP contribution in [0.25, 0.3) is 32.3 Å². The van der Waals surface area contributed by atoms with Gasteiger partial charge in [-0.3, -0.25) is 9.59 Å². The van der Waals surface area contributed by atoms with E-state index >= 15 is 0 Å². The molecular weight excluding hydrogens is 891 g/mol. The minimum absolute atomic E-state index is 0.676. The highest BCUT2D eigenvalue weighted by atomic mass is 16.1. The van der Waals surface area contributed by atoms with Crippen molar-refractivity contribution in [3.05, 3.63) is 308 Å². The number of carbonyl (C=O) groups is 2. The normalized spacial score (nSPS) is 10.6. The van der Waals surface area contributed by atoms with Crippen LogP contribution in [0.1, 0.15) is 20.7 Å². The summed E-state index contributed by atoms with van der Waals surface area (Å²) < 4.78 is 0. The molecule has 0 radical (unpaired) electrons. The Hall–Kier alpha value is -9.84. The number of aldehydes is 2. The maximum Gasteiger partial charge on any atom is 0.150 e. The zero-order valence-electron chi connectivity index (χ0n) is 40.1. The first-order valence-corrected chi connectivity index (χ1v) is 24.3. The van der Waals surface area contributed by atoms with Crippen LogP contribution in [0.3, 0.4) is 0 Å². The molecule has 0 aliphatic heterocycles. The smallest absolute Gasteiger partial charge is 0.150 e. The van der Waals surface area contributed by atoms with Gasteiger partial charge in [0.25, 0.3) is 0 Å². The second-order valence-corrected chi connectivity index (χ2v) is 17.2. The predicted molar refractivity (Wildman–Crippen MR) is 307 cm³/mol. The fourth-order valence-corrected chi connectivity index (χ4v) is 9.28. The summed E-state index contributed by atoms with van der Waals surface area (Å²) in [4.78, 5) is 29.2. The summed E-state index contributed by atoms with van der Waals surface area (Å²) in [5, 5.41) is 6.91. The number of fused-ring (bicyclic) bond motifs is 3. The van der Waals surface area contributed by atoms with E-state index in [0.717, 1.165) is 68.8 Å². The van der Waals surface area contributed by atoms with Crippen LogP contribution < -0.4 is 14.7 Å². The van der Waals surface area contributed by atoms with Crippen molar-refractivity contribution in [1.82, 2.24) is 0 Å². The molecule has 0 atom stereocenters. The van der Waals surface area contributed by atoms with Crippen LogP contribution in [0, 0.1) is 0 Å². The van der Waals surface area contributed by atoms with Crippen LogP contribution in [0.4, 0.5) is 51.2 Å². The third-order valence-corrected chi connectivity index (χ3v) is 12.7. The van der Waals surface area contributed by atoms with E-state index in [4.69, 9.17) is 0 Å². The van der Waals surface area contributed by atoms with Crippen molar-refractivity contribution >= 4 is 96.1 Å². The van der Waals surface area contributed by atoms with Crippen molar-refractivity contribution < 1.29 is 9.59 Å². The fourth-order valence-electron chi connectivity index (χ4n) is 9.28. The van der Waals surface area contributed by atoms with Crippen LogP contribution >= 0.6 is 0 Å². The molecule has 0 aliphatic carbocycles. The van der Waals surface area contributed by atoms with Gasteiger partial charge in [0, 0.05) is 61.4 Å². The molecule has 350 valence electrons. The molecule has 5 nitrogen and oxygen atoms in total. The zero-order chi connectivity index (χ0) is 49.6. The molecule has 0 spiro atoms. The van der Waals surface area contributed by atoms with Gasteiger partial charge < -0.3 is 14.7 Å². The van der Waals surface area contributed by atoms with Crippen LogP contribution in [-0.4, -0.2) is 12.6 Å². The Bertz CT molecular complexity index is 3580. The number of rotatable bonds is 11. The van der Waals surface area contributed by atoms with Crippen molar-refractivity contribution in [2.75, 3.05) is 14.7 Å². The van der Waals surface area contributed by atoms with Crippen LogP contribution in [0.15, 0.2) is 297 Å². The highest BCUT2D eigenvalue weighted by molar-refractivity contribution is 6.06. The lowest BCUT2D eigenvalue weighted by atomic mass is 10.0. The zero-order valence-corrected chi connectivity index (χ0v) is 40.1. The average molecular weight is 942 g/mol. The number of anilines is 9. The number of carbonyl (C=O) groups excluding carboxylic acids is 2. The van der Waals surface area contributed by atoms with E-state index in [2.05, 4.69) is 203 Å². The van der Waals surface area contributed by atoms with Gasteiger partial charge in [0.1, 0.15) is 6.29 Å². The summed E-state index contributed by atoms with van der Waals surface area (Å²) in [5.74, 6) is 0. The summed E-state index contributed by atoms with van der Waals surface area (Å²) in [6.45, 7) is 0. The van der Waals surface area contributed by atoms with Crippen molar-refractivity contribution in [2.45, 2.75) is 0 Å². The lowest BCUT2D eigenvalue weighted by molar-refractivity contribution is 0.111. The Morgan fingerprint density at radius 2 is 0.521 bits per heavy atom. The predicted octanol–water partition coefficient (Wildman–Crippen LogP) is 18.6. The molecule has 0 heterocycles. The third-order valence-electron chi connectivity index (χ3n) is 12.7. The SMILES string of the molecule is O=Cc1ccc(N(c2ccccc2)c2cccc3ccccc23)cc1.O=Cc1ccc(N(c2ccccc2)c2ccccc2)c2ccccc12.c1ccc(N(c2ccccc2)c2cccc3ccccc23)cc1. The number of hydrogen-bond acceptors (Lipinski definition) is 5. The molecule has 0 unspecified atom stereocenters. The first kappa shape index (κ1) is 46.9. The first-order valence-electron chi connectivity index (χ1n) is 24.3. The molecule has 0 fully saturated rings. The second kappa shape index (κ2) is 22.7. The molecule has 0 aliphatic rings. The van der Waals surface area contributed by atoms with E-state index in [1.165, 1.54) is 27.2 Å². The van der Waals surface area contributed by atoms with Crippen molar-refractivity contribution in [2.24, 2.45) is 0 Å². The largest absolute Gasteiger partial charge is 0.310 e. The number of hydrogen-bond donors (Lipinski definition) is 0. The monoisotopic (exact) mass is 941 g/mol. The lowest BCUT2D eigenvalue weighted by Crippen LogP contribution is -2.10. The second-order valence-electron chi connectivity index (χ2n) is 17.2. The standard InChI is InChI=1S/2C23H17NO.C22H17N/c25-17-18-15-16-23(22-14-8-7-13-21(18)22)24(19-9-3-1-4-10-19)20-11-5-2-6-12-20;25-17-18-13-15-21(16-14-18)24(20-9-2-1-3-10-20)23-12-6-8-19-7-4-5-11-22(19)23;1-3-12-19(13-4-1)23(20-14-5-2-6-15-20)22-17-9-11-18-10-7-8-16-21(18)22/h2*1-17H;1-17H. The maximum atomic E-state index is 11.4. The van der Waals surface area contributed by atoms with E-state index in [1.54, 1.807) is 0 Å². The Morgan fingerprint density at radius 1 is 0.219 bits per heavy atom. The van der Waals surface area contributed by atoms with E-state index in [1.807, 2.05) is 109 Å². The van der Waals surface area contributed by atoms with Gasteiger partial charge in [0.15, 0.2) is 6.29 Å². The molecule has 0 amide bonds. The molecule has 0 bridgehead atoms. The van der Waals surface area contributed by atoms with Gasteiger partial charge in [-0.05, 0) is 125 Å². The van der Waals surface area contributed by atoms with Crippen LogP contribution in [0.5, 0.6) is 0 Å². The molecular formula is C68H51N3O2. The molecule has 0 saturated carbocycles. The number of para-hydroxylation sites is 5. The lowest BCUT2D eigenvalue weighted by Gasteiger charge is -2.27. The first-order chi connectivity index (χ1) is 36.2. The average Bonchev–Trinajstić information content (AvgIpc) is 3.47. The molecule has 5 heteroatoms. The molecule has 0 N–H and O–H groups in total. The molecule has 12 aromatic rings. The molecule has 0 aromatic heterocycles. The minimum Gasteiger partial charge on any atom is -0.310 e. The number of benzene rings is 12. The summed E-state index contributed by atoms with van der Waals surface area (Å²) in [6, 6.07) is 101. The van der Waals surface area contributed by atoms with E-state index in [0.29, 0.717) is 11.1 Å². The highest BCUT2D eigenvalue weighted by Gasteiger charge is 2.18. The Labute approximate surface area is 426 Å². The summed E-state index contributed by atoms with van der Waals surface area (Å²) in [5.41, 5.74) is 11.3. The molecule has 12 aromatic carbocycles. The van der Waals surface area contributed by atoms with Gasteiger partial charge in [-0.1, -0.05) is 188 Å².